The van der Waals surface area contributed by atoms with Gasteiger partial charge in [0.15, 0.2) is 0 Å². The summed E-state index contributed by atoms with van der Waals surface area (Å²) in [6.45, 7) is 4.29. The van der Waals surface area contributed by atoms with E-state index in [1.165, 1.54) is 56.9 Å². The van der Waals surface area contributed by atoms with E-state index >= 15 is 0 Å². The number of aryl methyl sites for hydroxylation is 1. The van der Waals surface area contributed by atoms with E-state index in [2.05, 4.69) is 44.2 Å². The Bertz CT molecular complexity index is 750. The molecule has 0 spiro atoms. The number of rotatable bonds is 8. The number of benzene rings is 2. The van der Waals surface area contributed by atoms with Crippen LogP contribution >= 0.6 is 0 Å². The Morgan fingerprint density at radius 3 is 2.59 bits per heavy atom. The minimum Gasteiger partial charge on any atom is -0.206 e. The molecule has 2 aromatic rings. The highest BCUT2D eigenvalue weighted by molar-refractivity contribution is 5.84. The molecule has 0 nitrogen and oxygen atoms in total. The van der Waals surface area contributed by atoms with Crippen LogP contribution in [0, 0.1) is 11.7 Å². The van der Waals surface area contributed by atoms with E-state index in [1.807, 2.05) is 12.1 Å². The van der Waals surface area contributed by atoms with E-state index < -0.39 is 0 Å². The number of hydrogen-bond donors (Lipinski definition) is 0. The third-order valence-electron chi connectivity index (χ3n) is 6.40. The maximum atomic E-state index is 14.9. The lowest BCUT2D eigenvalue weighted by Crippen LogP contribution is -2.13. The van der Waals surface area contributed by atoms with Gasteiger partial charge in [-0.1, -0.05) is 62.2 Å². The zero-order valence-electron chi connectivity index (χ0n) is 17.1. The molecule has 3 rings (SSSR count). The van der Waals surface area contributed by atoms with Gasteiger partial charge in [-0.15, -0.1) is 0 Å². The molecular weight excluding hydrogens is 331 g/mol. The monoisotopic (exact) mass is 366 g/mol. The first-order valence-electron chi connectivity index (χ1n) is 11.0. The third kappa shape index (κ3) is 5.21. The highest BCUT2D eigenvalue weighted by atomic mass is 19.1. The van der Waals surface area contributed by atoms with E-state index in [0.29, 0.717) is 5.92 Å². The van der Waals surface area contributed by atoms with Crippen LogP contribution in [0.3, 0.4) is 0 Å². The topological polar surface area (TPSA) is 0 Å². The second-order valence-corrected chi connectivity index (χ2v) is 8.34. The van der Waals surface area contributed by atoms with Gasteiger partial charge in [0.05, 0.1) is 0 Å². The van der Waals surface area contributed by atoms with Crippen molar-refractivity contribution in [1.29, 1.82) is 0 Å². The van der Waals surface area contributed by atoms with Crippen molar-refractivity contribution in [2.45, 2.75) is 84.0 Å². The molecule has 0 saturated heterocycles. The Morgan fingerprint density at radius 2 is 1.85 bits per heavy atom. The summed E-state index contributed by atoms with van der Waals surface area (Å²) in [5.41, 5.74) is 2.29. The molecule has 1 saturated carbocycles. The lowest BCUT2D eigenvalue weighted by Gasteiger charge is -2.29. The van der Waals surface area contributed by atoms with Gasteiger partial charge in [-0.25, -0.2) is 4.39 Å². The summed E-state index contributed by atoms with van der Waals surface area (Å²) >= 11 is 0. The smallest absolute Gasteiger partial charge is 0.134 e. The summed E-state index contributed by atoms with van der Waals surface area (Å²) in [5, 5.41) is 1.87. The van der Waals surface area contributed by atoms with Crippen molar-refractivity contribution in [3.8, 4) is 0 Å². The third-order valence-corrected chi connectivity index (χ3v) is 6.40. The lowest BCUT2D eigenvalue weighted by atomic mass is 9.77. The Balaban J connectivity index is 1.66. The second-order valence-electron chi connectivity index (χ2n) is 8.34. The molecule has 146 valence electrons. The highest BCUT2D eigenvalue weighted by Crippen LogP contribution is 2.38. The minimum absolute atomic E-state index is 0.00263. The molecule has 27 heavy (non-hydrogen) atoms. The summed E-state index contributed by atoms with van der Waals surface area (Å²) < 4.78 is 14.9. The molecule has 2 aromatic carbocycles. The van der Waals surface area contributed by atoms with E-state index in [1.54, 1.807) is 0 Å². The first-order valence-corrected chi connectivity index (χ1v) is 11.0. The molecule has 1 fully saturated rings. The fraction of sp³-hybridized carbons (Fsp3) is 0.538. The van der Waals surface area contributed by atoms with Gasteiger partial charge in [0.1, 0.15) is 5.82 Å². The van der Waals surface area contributed by atoms with Crippen LogP contribution in [0.2, 0.25) is 0 Å². The predicted octanol–water partition coefficient (Wildman–Crippen LogP) is 8.34. The van der Waals surface area contributed by atoms with Crippen LogP contribution in [0.25, 0.3) is 10.8 Å². The van der Waals surface area contributed by atoms with Crippen molar-refractivity contribution in [1.82, 2.24) is 0 Å². The second kappa shape index (κ2) is 10.1. The number of unbranched alkanes of at least 4 members (excludes halogenated alkanes) is 2. The number of allylic oxidation sites excluding steroid dienone is 2. The van der Waals surface area contributed by atoms with Crippen LogP contribution < -0.4 is 0 Å². The normalized spacial score (nSPS) is 20.6. The Hall–Kier alpha value is -1.63. The average Bonchev–Trinajstić information content (AvgIpc) is 2.70. The Morgan fingerprint density at radius 1 is 1.04 bits per heavy atom. The first kappa shape index (κ1) is 20.1. The van der Waals surface area contributed by atoms with E-state index in [0.717, 1.165) is 35.1 Å². The van der Waals surface area contributed by atoms with Gasteiger partial charge < -0.3 is 0 Å². The van der Waals surface area contributed by atoms with Crippen LogP contribution in [-0.4, -0.2) is 0 Å². The largest absolute Gasteiger partial charge is 0.206 e. The fourth-order valence-electron chi connectivity index (χ4n) is 4.65. The van der Waals surface area contributed by atoms with E-state index in [4.69, 9.17) is 0 Å². The number of fused-ring (bicyclic) bond motifs is 1. The molecule has 0 radical (unpaired) electrons. The molecule has 1 aliphatic carbocycles. The maximum absolute atomic E-state index is 14.9. The van der Waals surface area contributed by atoms with Crippen molar-refractivity contribution < 1.29 is 4.39 Å². The number of hydrogen-bond acceptors (Lipinski definition) is 0. The van der Waals surface area contributed by atoms with Gasteiger partial charge in [0.25, 0.3) is 0 Å². The van der Waals surface area contributed by atoms with Gasteiger partial charge >= 0.3 is 0 Å². The summed E-state index contributed by atoms with van der Waals surface area (Å²) in [6, 6.07) is 10.6. The molecule has 0 unspecified atom stereocenters. The molecule has 0 bridgehead atoms. The van der Waals surface area contributed by atoms with Gasteiger partial charge in [0, 0.05) is 5.39 Å². The van der Waals surface area contributed by atoms with Crippen molar-refractivity contribution in [3.63, 3.8) is 0 Å². The molecule has 1 aliphatic rings. The summed E-state index contributed by atoms with van der Waals surface area (Å²) in [6.07, 6.45) is 16.5. The standard InChI is InChI=1S/C26H35F/c1-3-5-7-9-20-11-13-21(14-12-20)23-17-18-25-24(19-23)16-15-22(26(25)27)10-8-6-4-2/h3,5,15-21H,4,6-14H2,1-2H3/b5-3+. The number of halogens is 1. The van der Waals surface area contributed by atoms with E-state index in [9.17, 15) is 4.39 Å². The Kier molecular flexibility index (Phi) is 7.50. The molecule has 1 heteroatoms. The van der Waals surface area contributed by atoms with Crippen LogP contribution in [-0.2, 0) is 6.42 Å². The van der Waals surface area contributed by atoms with Gasteiger partial charge in [0.2, 0.25) is 0 Å². The first-order chi connectivity index (χ1) is 13.2. The van der Waals surface area contributed by atoms with Crippen LogP contribution in [0.4, 0.5) is 4.39 Å². The SMILES string of the molecule is C/C=C/CCC1CCC(c2ccc3c(F)c(CCCCC)ccc3c2)CC1. The quantitative estimate of drug-likeness (QED) is 0.325. The van der Waals surface area contributed by atoms with Crippen LogP contribution in [0.1, 0.15) is 88.7 Å². The highest BCUT2D eigenvalue weighted by Gasteiger charge is 2.22. The zero-order chi connectivity index (χ0) is 19.1. The van der Waals surface area contributed by atoms with Gasteiger partial charge in [-0.3, -0.25) is 0 Å². The average molecular weight is 367 g/mol. The predicted molar refractivity (Wildman–Crippen MR) is 116 cm³/mol. The fourth-order valence-corrected chi connectivity index (χ4v) is 4.65. The molecular formula is C26H35F. The van der Waals surface area contributed by atoms with Crippen LogP contribution in [0.5, 0.6) is 0 Å². The zero-order valence-corrected chi connectivity index (χ0v) is 17.1. The molecule has 0 aliphatic heterocycles. The van der Waals surface area contributed by atoms with Gasteiger partial charge in [-0.05, 0) is 86.6 Å². The van der Waals surface area contributed by atoms with Gasteiger partial charge in [-0.2, -0.15) is 0 Å². The van der Waals surface area contributed by atoms with Crippen molar-refractivity contribution in [2.24, 2.45) is 5.92 Å². The van der Waals surface area contributed by atoms with Crippen molar-refractivity contribution in [2.75, 3.05) is 0 Å². The van der Waals surface area contributed by atoms with Crippen molar-refractivity contribution in [3.05, 3.63) is 59.4 Å². The summed E-state index contributed by atoms with van der Waals surface area (Å²) in [4.78, 5) is 0. The Labute approximate surface area is 164 Å². The summed E-state index contributed by atoms with van der Waals surface area (Å²) in [5.74, 6) is 1.54. The van der Waals surface area contributed by atoms with Crippen molar-refractivity contribution >= 4 is 10.8 Å². The van der Waals surface area contributed by atoms with Crippen LogP contribution in [0.15, 0.2) is 42.5 Å². The molecule has 0 amide bonds. The van der Waals surface area contributed by atoms with E-state index in [-0.39, 0.29) is 5.82 Å². The lowest BCUT2D eigenvalue weighted by molar-refractivity contribution is 0.312. The minimum atomic E-state index is 0.00263. The summed E-state index contributed by atoms with van der Waals surface area (Å²) in [7, 11) is 0. The molecule has 0 heterocycles. The molecule has 0 aromatic heterocycles. The molecule has 0 N–H and O–H groups in total. The molecule has 0 atom stereocenters. The maximum Gasteiger partial charge on any atom is 0.134 e.